The van der Waals surface area contributed by atoms with Crippen LogP contribution in [0.25, 0.3) is 0 Å². The Morgan fingerprint density at radius 1 is 1.46 bits per heavy atom. The van der Waals surface area contributed by atoms with E-state index >= 15 is 0 Å². The van der Waals surface area contributed by atoms with Gasteiger partial charge in [-0.1, -0.05) is 34.1 Å². The van der Waals surface area contributed by atoms with Gasteiger partial charge in [-0.3, -0.25) is 0 Å². The molecule has 1 saturated carbocycles. The van der Waals surface area contributed by atoms with Crippen LogP contribution < -0.4 is 0 Å². The smallest absolute Gasteiger partial charge is 0.0994 e. The molecule has 1 fully saturated rings. The zero-order valence-electron chi connectivity index (χ0n) is 7.20. The van der Waals surface area contributed by atoms with E-state index in [-0.39, 0.29) is 0 Å². The lowest BCUT2D eigenvalue weighted by Gasteiger charge is -2.00. The summed E-state index contributed by atoms with van der Waals surface area (Å²) in [5.41, 5.74) is 2.07. The summed E-state index contributed by atoms with van der Waals surface area (Å²) >= 11 is 3.48. The van der Waals surface area contributed by atoms with Crippen LogP contribution in [0.5, 0.6) is 0 Å². The minimum atomic E-state index is 0.621. The molecule has 0 heterocycles. The highest BCUT2D eigenvalue weighted by molar-refractivity contribution is 9.09. The first-order valence-electron chi connectivity index (χ1n) is 4.41. The molecule has 1 aromatic rings. The molecule has 66 valence electrons. The molecule has 1 aliphatic rings. The highest BCUT2D eigenvalue weighted by atomic mass is 79.9. The van der Waals surface area contributed by atoms with Gasteiger partial charge in [0.2, 0.25) is 0 Å². The normalized spacial score (nSPS) is 25.2. The molecule has 0 amide bonds. The van der Waals surface area contributed by atoms with Gasteiger partial charge in [-0.15, -0.1) is 0 Å². The number of halogens is 1. The molecule has 2 rings (SSSR count). The van der Waals surface area contributed by atoms with Gasteiger partial charge in [-0.25, -0.2) is 0 Å². The van der Waals surface area contributed by atoms with Gasteiger partial charge in [0.15, 0.2) is 0 Å². The number of hydrogen-bond donors (Lipinski definition) is 0. The van der Waals surface area contributed by atoms with E-state index < -0.39 is 0 Å². The Morgan fingerprint density at radius 2 is 2.23 bits per heavy atom. The summed E-state index contributed by atoms with van der Waals surface area (Å²) in [5, 5.41) is 9.95. The van der Waals surface area contributed by atoms with E-state index in [9.17, 15) is 0 Å². The van der Waals surface area contributed by atoms with Crippen molar-refractivity contribution in [2.24, 2.45) is 5.92 Å². The average Bonchev–Trinajstić information content (AvgIpc) is 2.96. The molecular formula is C11H10BrN. The molecule has 0 bridgehead atoms. The van der Waals surface area contributed by atoms with Crippen LogP contribution in [-0.4, -0.2) is 5.33 Å². The second kappa shape index (κ2) is 3.51. The quantitative estimate of drug-likeness (QED) is 0.724. The second-order valence-corrected chi connectivity index (χ2v) is 4.10. The van der Waals surface area contributed by atoms with E-state index in [0.717, 1.165) is 16.8 Å². The molecule has 1 aromatic carbocycles. The fourth-order valence-corrected chi connectivity index (χ4v) is 2.44. The molecular weight excluding hydrogens is 226 g/mol. The molecule has 2 atom stereocenters. The Labute approximate surface area is 86.5 Å². The zero-order valence-corrected chi connectivity index (χ0v) is 8.79. The summed E-state index contributed by atoms with van der Waals surface area (Å²) in [6.45, 7) is 0. The standard InChI is InChI=1S/C11H10BrN/c12-6-9-5-11(9)10-4-2-1-3-8(10)7-13/h1-4,9,11H,5-6H2. The maximum atomic E-state index is 8.89. The first kappa shape index (κ1) is 8.77. The van der Waals surface area contributed by atoms with Crippen LogP contribution in [0.2, 0.25) is 0 Å². The number of hydrogen-bond acceptors (Lipinski definition) is 1. The van der Waals surface area contributed by atoms with Crippen LogP contribution in [0, 0.1) is 17.2 Å². The van der Waals surface area contributed by atoms with Gasteiger partial charge in [0.05, 0.1) is 11.6 Å². The maximum absolute atomic E-state index is 8.89. The van der Waals surface area contributed by atoms with Gasteiger partial charge in [0.1, 0.15) is 0 Å². The Balaban J connectivity index is 2.27. The van der Waals surface area contributed by atoms with Crippen LogP contribution in [0.15, 0.2) is 24.3 Å². The minimum absolute atomic E-state index is 0.621. The first-order chi connectivity index (χ1) is 6.36. The van der Waals surface area contributed by atoms with E-state index in [1.54, 1.807) is 0 Å². The number of benzene rings is 1. The lowest BCUT2D eigenvalue weighted by molar-refractivity contribution is 0.934. The van der Waals surface area contributed by atoms with Gasteiger partial charge >= 0.3 is 0 Å². The van der Waals surface area contributed by atoms with Gasteiger partial charge in [0, 0.05) is 5.33 Å². The van der Waals surface area contributed by atoms with E-state index in [1.807, 2.05) is 18.2 Å². The molecule has 0 saturated heterocycles. The maximum Gasteiger partial charge on any atom is 0.0994 e. The molecule has 1 nitrogen and oxygen atoms in total. The molecule has 2 heteroatoms. The number of nitrogens with zero attached hydrogens (tertiary/aromatic N) is 1. The third-order valence-corrected chi connectivity index (χ3v) is 3.43. The number of rotatable bonds is 2. The van der Waals surface area contributed by atoms with Crippen molar-refractivity contribution >= 4 is 15.9 Å². The molecule has 0 radical (unpaired) electrons. The lowest BCUT2D eigenvalue weighted by atomic mass is 10.0. The summed E-state index contributed by atoms with van der Waals surface area (Å²) < 4.78 is 0. The highest BCUT2D eigenvalue weighted by Gasteiger charge is 2.38. The van der Waals surface area contributed by atoms with Crippen molar-refractivity contribution in [3.63, 3.8) is 0 Å². The van der Waals surface area contributed by atoms with Gasteiger partial charge in [0.25, 0.3) is 0 Å². The van der Waals surface area contributed by atoms with Crippen LogP contribution in [-0.2, 0) is 0 Å². The van der Waals surface area contributed by atoms with Crippen molar-refractivity contribution in [3.8, 4) is 6.07 Å². The molecule has 0 aromatic heterocycles. The average molecular weight is 236 g/mol. The van der Waals surface area contributed by atoms with Gasteiger partial charge in [-0.2, -0.15) is 5.26 Å². The summed E-state index contributed by atoms with van der Waals surface area (Å²) in [4.78, 5) is 0. The second-order valence-electron chi connectivity index (χ2n) is 3.46. The molecule has 0 aliphatic heterocycles. The van der Waals surface area contributed by atoms with E-state index in [4.69, 9.17) is 5.26 Å². The summed E-state index contributed by atoms with van der Waals surface area (Å²) in [6, 6.07) is 10.2. The Morgan fingerprint density at radius 3 is 2.85 bits per heavy atom. The summed E-state index contributed by atoms with van der Waals surface area (Å²) in [7, 11) is 0. The van der Waals surface area contributed by atoms with E-state index in [2.05, 4.69) is 28.1 Å². The first-order valence-corrected chi connectivity index (χ1v) is 5.54. The molecule has 0 spiro atoms. The predicted octanol–water partition coefficient (Wildman–Crippen LogP) is 3.06. The Hall–Kier alpha value is -0.810. The fraction of sp³-hybridized carbons (Fsp3) is 0.364. The number of alkyl halides is 1. The van der Waals surface area contributed by atoms with Crippen LogP contribution in [0.1, 0.15) is 23.5 Å². The largest absolute Gasteiger partial charge is 0.192 e. The Kier molecular flexibility index (Phi) is 2.37. The fourth-order valence-electron chi connectivity index (χ4n) is 1.72. The molecule has 0 N–H and O–H groups in total. The summed E-state index contributed by atoms with van der Waals surface area (Å²) in [6.07, 6.45) is 1.23. The zero-order chi connectivity index (χ0) is 9.26. The third-order valence-electron chi connectivity index (χ3n) is 2.60. The van der Waals surface area contributed by atoms with E-state index in [1.165, 1.54) is 12.0 Å². The summed E-state index contributed by atoms with van der Waals surface area (Å²) in [5.74, 6) is 1.37. The van der Waals surface area contributed by atoms with Crippen molar-refractivity contribution in [2.45, 2.75) is 12.3 Å². The van der Waals surface area contributed by atoms with Crippen molar-refractivity contribution in [1.82, 2.24) is 0 Å². The van der Waals surface area contributed by atoms with Crippen molar-refractivity contribution in [2.75, 3.05) is 5.33 Å². The molecule has 1 aliphatic carbocycles. The van der Waals surface area contributed by atoms with Crippen LogP contribution in [0.4, 0.5) is 0 Å². The predicted molar refractivity (Wildman–Crippen MR) is 55.8 cm³/mol. The molecule has 13 heavy (non-hydrogen) atoms. The Bertz CT molecular complexity index is 353. The van der Waals surface area contributed by atoms with Crippen molar-refractivity contribution in [3.05, 3.63) is 35.4 Å². The SMILES string of the molecule is N#Cc1ccccc1C1CC1CBr. The minimum Gasteiger partial charge on any atom is -0.192 e. The van der Waals surface area contributed by atoms with Crippen LogP contribution in [0.3, 0.4) is 0 Å². The number of nitriles is 1. The van der Waals surface area contributed by atoms with Crippen molar-refractivity contribution in [1.29, 1.82) is 5.26 Å². The van der Waals surface area contributed by atoms with Crippen molar-refractivity contribution < 1.29 is 0 Å². The van der Waals surface area contributed by atoms with Gasteiger partial charge < -0.3 is 0 Å². The van der Waals surface area contributed by atoms with Gasteiger partial charge in [-0.05, 0) is 29.9 Å². The lowest BCUT2D eigenvalue weighted by Crippen LogP contribution is -1.88. The highest BCUT2D eigenvalue weighted by Crippen LogP contribution is 2.49. The topological polar surface area (TPSA) is 23.8 Å². The molecule has 2 unspecified atom stereocenters. The third kappa shape index (κ3) is 1.62. The van der Waals surface area contributed by atoms with E-state index in [0.29, 0.717) is 5.92 Å². The van der Waals surface area contributed by atoms with Crippen LogP contribution >= 0.6 is 15.9 Å². The monoisotopic (exact) mass is 235 g/mol.